The molecule has 3 nitrogen and oxygen atoms in total. The van der Waals surface area contributed by atoms with Gasteiger partial charge in [0.2, 0.25) is 0 Å². The van der Waals surface area contributed by atoms with Crippen molar-refractivity contribution in [2.24, 2.45) is 0 Å². The number of rotatable bonds is 3. The van der Waals surface area contributed by atoms with E-state index in [0.717, 1.165) is 27.8 Å². The molecule has 4 heteroatoms. The molecule has 1 aromatic carbocycles. The Kier molecular flexibility index (Phi) is 3.59. The van der Waals surface area contributed by atoms with Gasteiger partial charge in [-0.2, -0.15) is 0 Å². The van der Waals surface area contributed by atoms with E-state index in [1.165, 1.54) is 0 Å². The molecule has 0 radical (unpaired) electrons. The second-order valence-corrected chi connectivity index (χ2v) is 4.37. The zero-order valence-electron chi connectivity index (χ0n) is 9.87. The Morgan fingerprint density at radius 1 is 1.29 bits per heavy atom. The minimum absolute atomic E-state index is 0.694. The van der Waals surface area contributed by atoms with Crippen LogP contribution in [0.4, 0.5) is 5.82 Å². The molecule has 2 aromatic rings. The third-order valence-corrected chi connectivity index (χ3v) is 2.66. The van der Waals surface area contributed by atoms with E-state index in [1.54, 1.807) is 6.20 Å². The largest absolute Gasteiger partial charge is 0.364 e. The summed E-state index contributed by atoms with van der Waals surface area (Å²) in [5.74, 6) is 0.824. The fourth-order valence-corrected chi connectivity index (χ4v) is 1.75. The molecule has 1 aromatic heterocycles. The lowest BCUT2D eigenvalue weighted by molar-refractivity contribution is 1.02. The number of nitrogens with one attached hydrogen (secondary N) is 1. The molecule has 0 atom stereocenters. The van der Waals surface area contributed by atoms with Crippen molar-refractivity contribution in [2.75, 3.05) is 5.32 Å². The van der Waals surface area contributed by atoms with Gasteiger partial charge in [-0.1, -0.05) is 23.7 Å². The van der Waals surface area contributed by atoms with Crippen molar-refractivity contribution >= 4 is 17.4 Å². The summed E-state index contributed by atoms with van der Waals surface area (Å²) < 4.78 is 0. The van der Waals surface area contributed by atoms with Gasteiger partial charge in [-0.25, -0.2) is 4.98 Å². The molecule has 0 spiro atoms. The molecule has 2 rings (SSSR count). The third kappa shape index (κ3) is 3.17. The first-order chi connectivity index (χ1) is 8.15. The van der Waals surface area contributed by atoms with Gasteiger partial charge in [-0.05, 0) is 31.5 Å². The molecule has 0 amide bonds. The van der Waals surface area contributed by atoms with Crippen LogP contribution < -0.4 is 5.32 Å². The van der Waals surface area contributed by atoms with Crippen LogP contribution in [0.15, 0.2) is 30.5 Å². The Morgan fingerprint density at radius 3 is 2.88 bits per heavy atom. The standard InChI is InChI=1S/C13H14ClN3/c1-9-7-15-10(2)13(17-9)16-8-11-4-3-5-12(14)6-11/h3-7H,8H2,1-2H3,(H,16,17). The maximum absolute atomic E-state index is 5.93. The maximum Gasteiger partial charge on any atom is 0.148 e. The molecule has 0 saturated heterocycles. The van der Waals surface area contributed by atoms with Crippen LogP contribution in [0.2, 0.25) is 5.02 Å². The van der Waals surface area contributed by atoms with Crippen LogP contribution in [0.5, 0.6) is 0 Å². The van der Waals surface area contributed by atoms with Gasteiger partial charge in [0.25, 0.3) is 0 Å². The van der Waals surface area contributed by atoms with E-state index in [4.69, 9.17) is 11.6 Å². The van der Waals surface area contributed by atoms with Crippen molar-refractivity contribution < 1.29 is 0 Å². The highest BCUT2D eigenvalue weighted by atomic mass is 35.5. The molecule has 1 heterocycles. The van der Waals surface area contributed by atoms with E-state index < -0.39 is 0 Å². The predicted octanol–water partition coefficient (Wildman–Crippen LogP) is 3.36. The molecule has 88 valence electrons. The lowest BCUT2D eigenvalue weighted by Gasteiger charge is -2.08. The average Bonchev–Trinajstić information content (AvgIpc) is 2.30. The second kappa shape index (κ2) is 5.15. The third-order valence-electron chi connectivity index (χ3n) is 2.42. The first-order valence-electron chi connectivity index (χ1n) is 5.44. The Hall–Kier alpha value is -1.61. The quantitative estimate of drug-likeness (QED) is 0.904. The molecule has 0 aliphatic rings. The molecular weight excluding hydrogens is 234 g/mol. The smallest absolute Gasteiger partial charge is 0.148 e. The monoisotopic (exact) mass is 247 g/mol. The Morgan fingerprint density at radius 2 is 2.12 bits per heavy atom. The van der Waals surface area contributed by atoms with Gasteiger partial charge in [0.1, 0.15) is 5.82 Å². The van der Waals surface area contributed by atoms with Crippen molar-refractivity contribution in [2.45, 2.75) is 20.4 Å². The summed E-state index contributed by atoms with van der Waals surface area (Å²) in [6.45, 7) is 4.56. The van der Waals surface area contributed by atoms with Gasteiger partial charge in [-0.3, -0.25) is 4.98 Å². The first-order valence-corrected chi connectivity index (χ1v) is 5.81. The molecule has 0 aliphatic carbocycles. The fourth-order valence-electron chi connectivity index (χ4n) is 1.54. The van der Waals surface area contributed by atoms with Crippen LogP contribution in [0.1, 0.15) is 17.0 Å². The lowest BCUT2D eigenvalue weighted by atomic mass is 10.2. The second-order valence-electron chi connectivity index (χ2n) is 3.93. The predicted molar refractivity (Wildman–Crippen MR) is 70.3 cm³/mol. The minimum atomic E-state index is 0.694. The van der Waals surface area contributed by atoms with Crippen molar-refractivity contribution in [3.05, 3.63) is 52.4 Å². The van der Waals surface area contributed by atoms with Crippen LogP contribution in [0.3, 0.4) is 0 Å². The lowest BCUT2D eigenvalue weighted by Crippen LogP contribution is -2.05. The van der Waals surface area contributed by atoms with Crippen LogP contribution in [0.25, 0.3) is 0 Å². The van der Waals surface area contributed by atoms with E-state index >= 15 is 0 Å². The molecule has 17 heavy (non-hydrogen) atoms. The molecule has 1 N–H and O–H groups in total. The number of anilines is 1. The summed E-state index contributed by atoms with van der Waals surface area (Å²) in [5, 5.41) is 4.01. The summed E-state index contributed by atoms with van der Waals surface area (Å²) in [7, 11) is 0. The van der Waals surface area contributed by atoms with Gasteiger partial charge >= 0.3 is 0 Å². The number of hydrogen-bond acceptors (Lipinski definition) is 3. The fraction of sp³-hybridized carbons (Fsp3) is 0.231. The number of aromatic nitrogens is 2. The molecule has 0 fully saturated rings. The summed E-state index contributed by atoms with van der Waals surface area (Å²) in [5.41, 5.74) is 2.93. The summed E-state index contributed by atoms with van der Waals surface area (Å²) in [4.78, 5) is 8.66. The number of benzene rings is 1. The summed E-state index contributed by atoms with van der Waals surface area (Å²) >= 11 is 5.93. The number of aryl methyl sites for hydroxylation is 2. The Bertz CT molecular complexity index is 526. The van der Waals surface area contributed by atoms with Gasteiger partial charge < -0.3 is 5.32 Å². The number of halogens is 1. The van der Waals surface area contributed by atoms with Crippen molar-refractivity contribution in [1.82, 2.24) is 9.97 Å². The van der Waals surface area contributed by atoms with Crippen molar-refractivity contribution in [3.63, 3.8) is 0 Å². The zero-order chi connectivity index (χ0) is 12.3. The zero-order valence-corrected chi connectivity index (χ0v) is 10.6. The van der Waals surface area contributed by atoms with E-state index in [1.807, 2.05) is 38.1 Å². The van der Waals surface area contributed by atoms with Gasteiger partial charge in [0.15, 0.2) is 0 Å². The minimum Gasteiger partial charge on any atom is -0.364 e. The number of nitrogens with zero attached hydrogens (tertiary/aromatic N) is 2. The van der Waals surface area contributed by atoms with Crippen LogP contribution in [-0.4, -0.2) is 9.97 Å². The first kappa shape index (κ1) is 11.9. The van der Waals surface area contributed by atoms with Crippen LogP contribution in [0, 0.1) is 13.8 Å². The maximum atomic E-state index is 5.93. The summed E-state index contributed by atoms with van der Waals surface area (Å²) in [6, 6.07) is 7.77. The van der Waals surface area contributed by atoms with E-state index in [2.05, 4.69) is 15.3 Å². The average molecular weight is 248 g/mol. The number of hydrogen-bond donors (Lipinski definition) is 1. The van der Waals surface area contributed by atoms with E-state index in [0.29, 0.717) is 6.54 Å². The Labute approximate surface area is 106 Å². The van der Waals surface area contributed by atoms with Crippen LogP contribution >= 0.6 is 11.6 Å². The molecular formula is C13H14ClN3. The van der Waals surface area contributed by atoms with E-state index in [-0.39, 0.29) is 0 Å². The molecule has 0 aliphatic heterocycles. The highest BCUT2D eigenvalue weighted by molar-refractivity contribution is 6.30. The Balaban J connectivity index is 2.09. The molecule has 0 saturated carbocycles. The van der Waals surface area contributed by atoms with Gasteiger partial charge in [-0.15, -0.1) is 0 Å². The van der Waals surface area contributed by atoms with Gasteiger partial charge in [0, 0.05) is 17.8 Å². The van der Waals surface area contributed by atoms with Crippen molar-refractivity contribution in [3.8, 4) is 0 Å². The van der Waals surface area contributed by atoms with Gasteiger partial charge in [0.05, 0.1) is 11.4 Å². The van der Waals surface area contributed by atoms with Crippen LogP contribution in [-0.2, 0) is 6.54 Å². The topological polar surface area (TPSA) is 37.8 Å². The SMILES string of the molecule is Cc1cnc(C)c(NCc2cccc(Cl)c2)n1. The highest BCUT2D eigenvalue weighted by Crippen LogP contribution is 2.13. The highest BCUT2D eigenvalue weighted by Gasteiger charge is 2.01. The van der Waals surface area contributed by atoms with Crippen molar-refractivity contribution in [1.29, 1.82) is 0 Å². The molecule has 0 bridgehead atoms. The van der Waals surface area contributed by atoms with E-state index in [9.17, 15) is 0 Å². The molecule has 0 unspecified atom stereocenters. The normalized spacial score (nSPS) is 10.3. The summed E-state index contributed by atoms with van der Waals surface area (Å²) in [6.07, 6.45) is 1.76.